The molecule has 0 saturated carbocycles. The monoisotopic (exact) mass is 383 g/mol. The van der Waals surface area contributed by atoms with Crippen LogP contribution in [-0.4, -0.2) is 65.1 Å². The Labute approximate surface area is 166 Å². The number of carbonyl (C=O) groups excluding carboxylic acids is 2. The SMILES string of the molecule is Cc1ccc(-n2nc(C)cc2NC(=O)CN2CCCC(C(=O)N(C)C)C2)cc1. The molecule has 28 heavy (non-hydrogen) atoms. The van der Waals surface area contributed by atoms with Gasteiger partial charge in [0, 0.05) is 26.7 Å². The first-order chi connectivity index (χ1) is 13.3. The predicted octanol–water partition coefficient (Wildman–Crippen LogP) is 2.23. The quantitative estimate of drug-likeness (QED) is 0.860. The summed E-state index contributed by atoms with van der Waals surface area (Å²) in [5.74, 6) is 0.672. The zero-order valence-corrected chi connectivity index (χ0v) is 17.1. The summed E-state index contributed by atoms with van der Waals surface area (Å²) in [6, 6.07) is 9.88. The van der Waals surface area contributed by atoms with Gasteiger partial charge in [-0.3, -0.25) is 14.5 Å². The first-order valence-corrected chi connectivity index (χ1v) is 9.70. The summed E-state index contributed by atoms with van der Waals surface area (Å²) in [5.41, 5.74) is 2.92. The Hall–Kier alpha value is -2.67. The average molecular weight is 383 g/mol. The van der Waals surface area contributed by atoms with Crippen molar-refractivity contribution in [2.75, 3.05) is 39.0 Å². The number of carbonyl (C=O) groups is 2. The molecule has 2 heterocycles. The van der Waals surface area contributed by atoms with Crippen molar-refractivity contribution < 1.29 is 9.59 Å². The molecule has 7 heteroatoms. The number of hydrogen-bond acceptors (Lipinski definition) is 4. The van der Waals surface area contributed by atoms with E-state index in [1.54, 1.807) is 23.7 Å². The van der Waals surface area contributed by atoms with Gasteiger partial charge in [0.25, 0.3) is 0 Å². The van der Waals surface area contributed by atoms with Crippen LogP contribution in [0.15, 0.2) is 30.3 Å². The largest absolute Gasteiger partial charge is 0.349 e. The van der Waals surface area contributed by atoms with E-state index in [1.807, 2.05) is 44.2 Å². The molecule has 3 rings (SSSR count). The van der Waals surface area contributed by atoms with Crippen molar-refractivity contribution in [3.8, 4) is 5.69 Å². The van der Waals surface area contributed by atoms with Crippen molar-refractivity contribution in [3.63, 3.8) is 0 Å². The van der Waals surface area contributed by atoms with Gasteiger partial charge in [-0.05, 0) is 45.4 Å². The number of nitrogens with one attached hydrogen (secondary N) is 1. The summed E-state index contributed by atoms with van der Waals surface area (Å²) >= 11 is 0. The van der Waals surface area contributed by atoms with Gasteiger partial charge in [-0.2, -0.15) is 5.10 Å². The number of hydrogen-bond donors (Lipinski definition) is 1. The smallest absolute Gasteiger partial charge is 0.239 e. The van der Waals surface area contributed by atoms with Crippen LogP contribution >= 0.6 is 0 Å². The number of benzene rings is 1. The highest BCUT2D eigenvalue weighted by Crippen LogP contribution is 2.20. The Morgan fingerprint density at radius 3 is 2.61 bits per heavy atom. The van der Waals surface area contributed by atoms with Crippen LogP contribution in [0.25, 0.3) is 5.69 Å². The molecule has 150 valence electrons. The molecule has 1 aliphatic heterocycles. The fourth-order valence-electron chi connectivity index (χ4n) is 3.62. The second-order valence-electron chi connectivity index (χ2n) is 7.77. The standard InChI is InChI=1S/C21H29N5O2/c1-15-7-9-18(10-8-15)26-19(12-16(2)23-26)22-20(27)14-25-11-5-6-17(13-25)21(28)24(3)4/h7-10,12,17H,5-6,11,13-14H2,1-4H3,(H,22,27). The van der Waals surface area contributed by atoms with Gasteiger partial charge in [-0.15, -0.1) is 0 Å². The summed E-state index contributed by atoms with van der Waals surface area (Å²) < 4.78 is 1.75. The lowest BCUT2D eigenvalue weighted by atomic mass is 9.97. The fraction of sp³-hybridized carbons (Fsp3) is 0.476. The van der Waals surface area contributed by atoms with Gasteiger partial charge in [0.2, 0.25) is 11.8 Å². The van der Waals surface area contributed by atoms with Gasteiger partial charge in [0.05, 0.1) is 23.8 Å². The van der Waals surface area contributed by atoms with Gasteiger partial charge in [-0.1, -0.05) is 17.7 Å². The van der Waals surface area contributed by atoms with Crippen molar-refractivity contribution in [1.29, 1.82) is 0 Å². The van der Waals surface area contributed by atoms with Crippen LogP contribution in [0, 0.1) is 19.8 Å². The van der Waals surface area contributed by atoms with Crippen molar-refractivity contribution in [3.05, 3.63) is 41.6 Å². The second kappa shape index (κ2) is 8.56. The molecule has 1 aromatic heterocycles. The molecule has 1 unspecified atom stereocenters. The average Bonchev–Trinajstić information content (AvgIpc) is 3.01. The first-order valence-electron chi connectivity index (χ1n) is 9.70. The Kier molecular flexibility index (Phi) is 6.14. The van der Waals surface area contributed by atoms with E-state index in [-0.39, 0.29) is 24.3 Å². The fourth-order valence-corrected chi connectivity index (χ4v) is 3.62. The van der Waals surface area contributed by atoms with E-state index in [2.05, 4.69) is 15.3 Å². The molecule has 0 spiro atoms. The molecule has 1 N–H and O–H groups in total. The molecule has 2 aromatic rings. The summed E-state index contributed by atoms with van der Waals surface area (Å²) in [6.07, 6.45) is 1.81. The lowest BCUT2D eigenvalue weighted by Crippen LogP contribution is -2.45. The highest BCUT2D eigenvalue weighted by Gasteiger charge is 2.28. The van der Waals surface area contributed by atoms with E-state index in [4.69, 9.17) is 0 Å². The zero-order chi connectivity index (χ0) is 20.3. The Bertz CT molecular complexity index is 841. The van der Waals surface area contributed by atoms with Gasteiger partial charge in [-0.25, -0.2) is 4.68 Å². The maximum Gasteiger partial charge on any atom is 0.239 e. The Balaban J connectivity index is 1.65. The molecule has 1 saturated heterocycles. The number of aryl methyl sites for hydroxylation is 2. The molecule has 0 radical (unpaired) electrons. The summed E-state index contributed by atoms with van der Waals surface area (Å²) in [4.78, 5) is 28.6. The van der Waals surface area contributed by atoms with Gasteiger partial charge in [0.1, 0.15) is 5.82 Å². The summed E-state index contributed by atoms with van der Waals surface area (Å²) in [7, 11) is 3.56. The molecule has 2 amide bonds. The molecule has 0 bridgehead atoms. The highest BCUT2D eigenvalue weighted by atomic mass is 16.2. The van der Waals surface area contributed by atoms with Crippen molar-refractivity contribution in [2.45, 2.75) is 26.7 Å². The summed E-state index contributed by atoms with van der Waals surface area (Å²) in [6.45, 7) is 5.67. The van der Waals surface area contributed by atoms with Gasteiger partial charge >= 0.3 is 0 Å². The minimum atomic E-state index is -0.0915. The lowest BCUT2D eigenvalue weighted by Gasteiger charge is -2.32. The normalized spacial score (nSPS) is 17.4. The Morgan fingerprint density at radius 2 is 1.93 bits per heavy atom. The van der Waals surface area contributed by atoms with Crippen molar-refractivity contribution in [1.82, 2.24) is 19.6 Å². The van der Waals surface area contributed by atoms with E-state index in [9.17, 15) is 9.59 Å². The minimum absolute atomic E-state index is 0.0307. The summed E-state index contributed by atoms with van der Waals surface area (Å²) in [5, 5.41) is 7.49. The van der Waals surface area contributed by atoms with E-state index >= 15 is 0 Å². The number of anilines is 1. The van der Waals surface area contributed by atoms with Crippen molar-refractivity contribution >= 4 is 17.6 Å². The first kappa shape index (κ1) is 20.1. The molecule has 1 atom stereocenters. The topological polar surface area (TPSA) is 70.5 Å². The highest BCUT2D eigenvalue weighted by molar-refractivity contribution is 5.92. The minimum Gasteiger partial charge on any atom is -0.349 e. The lowest BCUT2D eigenvalue weighted by molar-refractivity contribution is -0.135. The number of aromatic nitrogens is 2. The van der Waals surface area contributed by atoms with Crippen LogP contribution in [0.4, 0.5) is 5.82 Å². The third-order valence-corrected chi connectivity index (χ3v) is 5.04. The number of rotatable bonds is 5. The third kappa shape index (κ3) is 4.78. The molecule has 1 aromatic carbocycles. The zero-order valence-electron chi connectivity index (χ0n) is 17.1. The number of piperidine rings is 1. The molecule has 7 nitrogen and oxygen atoms in total. The van der Waals surface area contributed by atoms with Crippen LogP contribution < -0.4 is 5.32 Å². The number of nitrogens with zero attached hydrogens (tertiary/aromatic N) is 4. The van der Waals surface area contributed by atoms with E-state index in [1.165, 1.54) is 5.56 Å². The van der Waals surface area contributed by atoms with Crippen LogP contribution in [0.5, 0.6) is 0 Å². The third-order valence-electron chi connectivity index (χ3n) is 5.04. The van der Waals surface area contributed by atoms with E-state index < -0.39 is 0 Å². The van der Waals surface area contributed by atoms with Crippen LogP contribution in [0.3, 0.4) is 0 Å². The second-order valence-corrected chi connectivity index (χ2v) is 7.77. The number of likely N-dealkylation sites (tertiary alicyclic amines) is 1. The molecular weight excluding hydrogens is 354 g/mol. The van der Waals surface area contributed by atoms with Crippen LogP contribution in [-0.2, 0) is 9.59 Å². The predicted molar refractivity (Wildman–Crippen MR) is 110 cm³/mol. The molecular formula is C21H29N5O2. The molecule has 1 fully saturated rings. The van der Waals surface area contributed by atoms with E-state index in [0.717, 1.165) is 30.8 Å². The number of amides is 2. The van der Waals surface area contributed by atoms with Gasteiger partial charge in [0.15, 0.2) is 0 Å². The van der Waals surface area contributed by atoms with Gasteiger partial charge < -0.3 is 10.2 Å². The van der Waals surface area contributed by atoms with Crippen molar-refractivity contribution in [2.24, 2.45) is 5.92 Å². The maximum atomic E-state index is 12.6. The molecule has 0 aliphatic carbocycles. The molecule has 1 aliphatic rings. The van der Waals surface area contributed by atoms with E-state index in [0.29, 0.717) is 12.4 Å². The van der Waals surface area contributed by atoms with Crippen LogP contribution in [0.1, 0.15) is 24.1 Å². The Morgan fingerprint density at radius 1 is 1.21 bits per heavy atom. The van der Waals surface area contributed by atoms with Crippen LogP contribution in [0.2, 0.25) is 0 Å². The maximum absolute atomic E-state index is 12.6.